The maximum Gasteiger partial charge on any atom is 0.320 e. The summed E-state index contributed by atoms with van der Waals surface area (Å²) < 4.78 is 0. The molecule has 3 amide bonds. The van der Waals surface area contributed by atoms with E-state index in [1.54, 1.807) is 0 Å². The summed E-state index contributed by atoms with van der Waals surface area (Å²) in [5.41, 5.74) is 1.11. The number of carbonyl (C=O) groups excluding carboxylic acids is 2. The summed E-state index contributed by atoms with van der Waals surface area (Å²) in [6.07, 6.45) is 9.80. The van der Waals surface area contributed by atoms with Gasteiger partial charge in [0.15, 0.2) is 0 Å². The van der Waals surface area contributed by atoms with Crippen molar-refractivity contribution in [2.24, 2.45) is 29.1 Å². The highest BCUT2D eigenvalue weighted by molar-refractivity contribution is 5.83. The Labute approximate surface area is 209 Å². The largest absolute Gasteiger partial charge is 0.393 e. The number of hydrogen-bond acceptors (Lipinski definition) is 3. The lowest BCUT2D eigenvalue weighted by molar-refractivity contribution is -0.163. The van der Waals surface area contributed by atoms with Crippen molar-refractivity contribution in [1.82, 2.24) is 15.1 Å². The number of nitrogens with zero attached hydrogens (tertiary/aromatic N) is 2. The van der Waals surface area contributed by atoms with Crippen molar-refractivity contribution in [1.29, 1.82) is 0 Å². The smallest absolute Gasteiger partial charge is 0.320 e. The fourth-order valence-corrected chi connectivity index (χ4v) is 8.36. The molecule has 1 aromatic carbocycles. The number of aliphatic hydroxyl groups is 1. The fraction of sp³-hybridized carbons (Fsp3) is 0.724. The molecule has 2 heterocycles. The third-order valence-electron chi connectivity index (χ3n) is 9.98. The van der Waals surface area contributed by atoms with Crippen molar-refractivity contribution in [3.63, 3.8) is 0 Å². The van der Waals surface area contributed by atoms with Gasteiger partial charge in [0.1, 0.15) is 0 Å². The van der Waals surface area contributed by atoms with E-state index in [0.717, 1.165) is 83.8 Å². The van der Waals surface area contributed by atoms with Crippen molar-refractivity contribution in [3.05, 3.63) is 35.9 Å². The lowest BCUT2D eigenvalue weighted by Crippen LogP contribution is -2.61. The second kappa shape index (κ2) is 9.42. The number of urea groups is 1. The van der Waals surface area contributed by atoms with Crippen molar-refractivity contribution < 1.29 is 14.7 Å². The first kappa shape index (κ1) is 23.3. The molecule has 7 rings (SSSR count). The molecule has 2 aliphatic heterocycles. The Balaban J connectivity index is 1.01. The van der Waals surface area contributed by atoms with Crippen molar-refractivity contribution >= 4 is 11.9 Å². The highest BCUT2D eigenvalue weighted by atomic mass is 16.3. The molecule has 6 nitrogen and oxygen atoms in total. The Bertz CT molecular complexity index is 912. The van der Waals surface area contributed by atoms with Crippen LogP contribution < -0.4 is 5.32 Å². The average molecular weight is 480 g/mol. The molecule has 1 aromatic rings. The van der Waals surface area contributed by atoms with E-state index in [0.29, 0.717) is 30.2 Å². The van der Waals surface area contributed by atoms with Crippen LogP contribution in [0.1, 0.15) is 63.4 Å². The van der Waals surface area contributed by atoms with Gasteiger partial charge in [-0.15, -0.1) is 0 Å². The molecule has 2 N–H and O–H groups in total. The Morgan fingerprint density at radius 1 is 0.943 bits per heavy atom. The van der Waals surface area contributed by atoms with Crippen LogP contribution in [0, 0.1) is 29.1 Å². The van der Waals surface area contributed by atoms with Gasteiger partial charge >= 0.3 is 6.03 Å². The molecule has 4 bridgehead atoms. The summed E-state index contributed by atoms with van der Waals surface area (Å²) >= 11 is 0. The Kier molecular flexibility index (Phi) is 6.28. The summed E-state index contributed by atoms with van der Waals surface area (Å²) in [5, 5.41) is 14.0. The van der Waals surface area contributed by atoms with E-state index in [1.807, 2.05) is 9.80 Å². The van der Waals surface area contributed by atoms with E-state index < -0.39 is 0 Å². The molecule has 2 unspecified atom stereocenters. The first-order valence-corrected chi connectivity index (χ1v) is 14.1. The normalized spacial score (nSPS) is 36.9. The molecule has 6 heteroatoms. The van der Waals surface area contributed by atoms with Gasteiger partial charge in [0.05, 0.1) is 11.5 Å². The fourth-order valence-electron chi connectivity index (χ4n) is 8.36. The van der Waals surface area contributed by atoms with Gasteiger partial charge in [0.25, 0.3) is 0 Å². The minimum atomic E-state index is -0.275. The topological polar surface area (TPSA) is 72.9 Å². The van der Waals surface area contributed by atoms with Crippen molar-refractivity contribution in [3.8, 4) is 0 Å². The standard InChI is InChI=1S/C29H41N3O3/c33-26-23-14-22-15-24(26)18-29(16-22,17-23)27(34)30-25-7-4-10-32(19-25)28(35)31-11-8-21(9-12-31)13-20-5-2-1-3-6-20/h1-3,5-6,21-26,33H,4,7-19H2,(H,30,34)/t22?,23?,24?,25-,26?,29?/m0/s1. The molecule has 190 valence electrons. The summed E-state index contributed by atoms with van der Waals surface area (Å²) in [6.45, 7) is 3.08. The summed E-state index contributed by atoms with van der Waals surface area (Å²) in [5.74, 6) is 2.07. The number of hydrogen-bond donors (Lipinski definition) is 2. The van der Waals surface area contributed by atoms with Crippen LogP contribution in [0.25, 0.3) is 0 Å². The number of amides is 3. The third kappa shape index (κ3) is 4.59. The maximum absolute atomic E-state index is 13.5. The summed E-state index contributed by atoms with van der Waals surface area (Å²) in [6, 6.07) is 10.9. The molecule has 0 radical (unpaired) electrons. The Morgan fingerprint density at radius 3 is 2.37 bits per heavy atom. The number of aliphatic hydroxyl groups excluding tert-OH is 1. The van der Waals surface area contributed by atoms with E-state index in [4.69, 9.17) is 0 Å². The second-order valence-electron chi connectivity index (χ2n) is 12.4. The molecule has 4 aliphatic carbocycles. The predicted molar refractivity (Wildman–Crippen MR) is 135 cm³/mol. The number of likely N-dealkylation sites (tertiary alicyclic amines) is 2. The number of benzene rings is 1. The van der Waals surface area contributed by atoms with E-state index in [1.165, 1.54) is 5.56 Å². The van der Waals surface area contributed by atoms with Crippen LogP contribution in [0.15, 0.2) is 30.3 Å². The third-order valence-corrected chi connectivity index (χ3v) is 9.98. The van der Waals surface area contributed by atoms with Crippen LogP contribution in [0.5, 0.6) is 0 Å². The van der Waals surface area contributed by atoms with Gasteiger partial charge in [-0.1, -0.05) is 30.3 Å². The highest BCUT2D eigenvalue weighted by Crippen LogP contribution is 2.60. The van der Waals surface area contributed by atoms with Crippen LogP contribution in [0.3, 0.4) is 0 Å². The van der Waals surface area contributed by atoms with Crippen molar-refractivity contribution in [2.45, 2.75) is 76.4 Å². The van der Waals surface area contributed by atoms with Crippen molar-refractivity contribution in [2.75, 3.05) is 26.2 Å². The number of carbonyl (C=O) groups is 2. The first-order chi connectivity index (χ1) is 17.0. The second-order valence-corrected chi connectivity index (χ2v) is 12.4. The number of rotatable bonds is 4. The molecule has 6 aliphatic rings. The number of piperidine rings is 2. The van der Waals surface area contributed by atoms with E-state index >= 15 is 0 Å². The molecular weight excluding hydrogens is 438 g/mol. The zero-order chi connectivity index (χ0) is 24.0. The van der Waals surface area contributed by atoms with Crippen LogP contribution in [0.2, 0.25) is 0 Å². The molecule has 35 heavy (non-hydrogen) atoms. The van der Waals surface area contributed by atoms with Crippen LogP contribution in [0.4, 0.5) is 4.79 Å². The molecule has 2 saturated heterocycles. The molecule has 0 spiro atoms. The lowest BCUT2D eigenvalue weighted by atomic mass is 9.48. The minimum Gasteiger partial charge on any atom is -0.393 e. The van der Waals surface area contributed by atoms with Gasteiger partial charge < -0.3 is 20.2 Å². The maximum atomic E-state index is 13.5. The summed E-state index contributed by atoms with van der Waals surface area (Å²) in [7, 11) is 0. The first-order valence-electron chi connectivity index (χ1n) is 14.1. The highest BCUT2D eigenvalue weighted by Gasteiger charge is 2.58. The number of nitrogens with one attached hydrogen (secondary N) is 1. The van der Waals surface area contributed by atoms with E-state index in [2.05, 4.69) is 35.6 Å². The minimum absolute atomic E-state index is 0.0498. The van der Waals surface area contributed by atoms with Gasteiger partial charge in [-0.3, -0.25) is 4.79 Å². The molecular formula is C29H41N3O3. The van der Waals surface area contributed by atoms with Gasteiger partial charge in [0.2, 0.25) is 5.91 Å². The van der Waals surface area contributed by atoms with Crippen LogP contribution >= 0.6 is 0 Å². The molecule has 6 fully saturated rings. The van der Waals surface area contributed by atoms with Crippen LogP contribution in [-0.2, 0) is 11.2 Å². The van der Waals surface area contributed by atoms with Crippen LogP contribution in [-0.4, -0.2) is 65.2 Å². The lowest BCUT2D eigenvalue weighted by Gasteiger charge is -2.58. The molecule has 4 saturated carbocycles. The van der Waals surface area contributed by atoms with Gasteiger partial charge in [0, 0.05) is 32.2 Å². The molecule has 3 atom stereocenters. The van der Waals surface area contributed by atoms with Gasteiger partial charge in [-0.25, -0.2) is 4.79 Å². The monoisotopic (exact) mass is 479 g/mol. The Hall–Kier alpha value is -2.08. The zero-order valence-corrected chi connectivity index (χ0v) is 20.9. The van der Waals surface area contributed by atoms with Gasteiger partial charge in [-0.2, -0.15) is 0 Å². The average Bonchev–Trinajstić information content (AvgIpc) is 2.87. The predicted octanol–water partition coefficient (Wildman–Crippen LogP) is 3.83. The summed E-state index contributed by atoms with van der Waals surface area (Å²) in [4.78, 5) is 30.9. The molecule has 0 aromatic heterocycles. The van der Waals surface area contributed by atoms with E-state index in [-0.39, 0.29) is 29.5 Å². The Morgan fingerprint density at radius 2 is 1.66 bits per heavy atom. The SMILES string of the molecule is O=C(N1CCC(Cc2ccccc2)CC1)N1CCC[C@H](NC(=O)C23CC4CC(C2)C(O)C(C4)C3)C1. The zero-order valence-electron chi connectivity index (χ0n) is 20.9. The van der Waals surface area contributed by atoms with Gasteiger partial charge in [-0.05, 0) is 93.4 Å². The quantitative estimate of drug-likeness (QED) is 0.689. The van der Waals surface area contributed by atoms with E-state index in [9.17, 15) is 14.7 Å².